The monoisotopic (exact) mass is 668 g/mol. The minimum absolute atomic E-state index is 0.0653. The number of hydrogen-bond donors (Lipinski definition) is 1. The van der Waals surface area contributed by atoms with Gasteiger partial charge >= 0.3 is 11.9 Å². The van der Waals surface area contributed by atoms with Gasteiger partial charge in [0.2, 0.25) is 0 Å². The molecule has 8 heteroatoms. The number of unbranched alkanes of at least 4 members (excludes halogenated alkanes) is 20. The SMILES string of the molecule is CCCCCCCCCCCCCC(=O)OCCN(CCOC(=O)CCCCCCCCCCCCC)C(=O)C[N+]1(C)CC[C@@H](O)C1. The van der Waals surface area contributed by atoms with Crippen LogP contribution in [0.25, 0.3) is 0 Å². The lowest BCUT2D eigenvalue weighted by atomic mass is 10.1. The third-order valence-electron chi connectivity index (χ3n) is 9.74. The molecule has 0 aliphatic carbocycles. The topological polar surface area (TPSA) is 93.1 Å². The Morgan fingerprint density at radius 1 is 0.617 bits per heavy atom. The number of likely N-dealkylation sites (tertiary alicyclic amines) is 1. The maximum atomic E-state index is 13.3. The Labute approximate surface area is 289 Å². The second-order valence-electron chi connectivity index (χ2n) is 14.5. The van der Waals surface area contributed by atoms with E-state index >= 15 is 0 Å². The van der Waals surface area contributed by atoms with E-state index in [9.17, 15) is 19.5 Å². The summed E-state index contributed by atoms with van der Waals surface area (Å²) in [4.78, 5) is 39.6. The highest BCUT2D eigenvalue weighted by Crippen LogP contribution is 2.18. The van der Waals surface area contributed by atoms with Crippen LogP contribution in [0.2, 0.25) is 0 Å². The molecule has 0 aromatic carbocycles. The summed E-state index contributed by atoms with van der Waals surface area (Å²) in [6.45, 7) is 6.92. The van der Waals surface area contributed by atoms with Crippen LogP contribution >= 0.6 is 0 Å². The zero-order chi connectivity index (χ0) is 34.4. The Bertz CT molecular complexity index is 749. The molecular formula is C39H75N2O6+. The highest BCUT2D eigenvalue weighted by atomic mass is 16.5. The Balaban J connectivity index is 2.27. The summed E-state index contributed by atoms with van der Waals surface area (Å²) in [6, 6.07) is 0. The van der Waals surface area contributed by atoms with Gasteiger partial charge in [-0.3, -0.25) is 14.4 Å². The average molecular weight is 668 g/mol. The van der Waals surface area contributed by atoms with Crippen molar-refractivity contribution in [3.05, 3.63) is 0 Å². The number of rotatable bonds is 32. The van der Waals surface area contributed by atoms with E-state index in [0.29, 0.717) is 30.3 Å². The molecule has 1 aliphatic heterocycles. The van der Waals surface area contributed by atoms with Gasteiger partial charge in [-0.05, 0) is 12.8 Å². The third-order valence-corrected chi connectivity index (χ3v) is 9.74. The van der Waals surface area contributed by atoms with Crippen molar-refractivity contribution in [3.63, 3.8) is 0 Å². The van der Waals surface area contributed by atoms with E-state index in [1.54, 1.807) is 4.90 Å². The van der Waals surface area contributed by atoms with Crippen LogP contribution in [0.3, 0.4) is 0 Å². The maximum Gasteiger partial charge on any atom is 0.305 e. The fourth-order valence-corrected chi connectivity index (χ4v) is 6.63. The van der Waals surface area contributed by atoms with Crippen molar-refractivity contribution < 1.29 is 33.4 Å². The third kappa shape index (κ3) is 25.0. The van der Waals surface area contributed by atoms with Gasteiger partial charge in [0.1, 0.15) is 25.9 Å². The van der Waals surface area contributed by atoms with Crippen LogP contribution in [-0.4, -0.2) is 91.4 Å². The first-order valence-electron chi connectivity index (χ1n) is 19.9. The van der Waals surface area contributed by atoms with Gasteiger partial charge in [0.05, 0.1) is 26.7 Å². The van der Waals surface area contributed by atoms with E-state index in [4.69, 9.17) is 9.47 Å². The van der Waals surface area contributed by atoms with Gasteiger partial charge in [-0.1, -0.05) is 142 Å². The number of quaternary nitrogens is 1. The average Bonchev–Trinajstić information content (AvgIpc) is 3.38. The van der Waals surface area contributed by atoms with E-state index in [0.717, 1.165) is 45.1 Å². The lowest BCUT2D eigenvalue weighted by Gasteiger charge is -2.31. The smallest absolute Gasteiger partial charge is 0.305 e. The Morgan fingerprint density at radius 3 is 1.32 bits per heavy atom. The summed E-state index contributed by atoms with van der Waals surface area (Å²) in [7, 11) is 1.99. The quantitative estimate of drug-likeness (QED) is 0.0439. The molecule has 1 heterocycles. The first-order chi connectivity index (χ1) is 22.8. The van der Waals surface area contributed by atoms with Crippen molar-refractivity contribution >= 4 is 17.8 Å². The molecule has 8 nitrogen and oxygen atoms in total. The van der Waals surface area contributed by atoms with Crippen molar-refractivity contribution in [2.45, 2.75) is 180 Å². The molecule has 0 aromatic rings. The first-order valence-corrected chi connectivity index (χ1v) is 19.9. The van der Waals surface area contributed by atoms with Gasteiger partial charge in [0, 0.05) is 19.3 Å². The van der Waals surface area contributed by atoms with Crippen molar-refractivity contribution in [1.29, 1.82) is 0 Å². The van der Waals surface area contributed by atoms with Crippen LogP contribution in [0.15, 0.2) is 0 Å². The highest BCUT2D eigenvalue weighted by molar-refractivity contribution is 5.77. The van der Waals surface area contributed by atoms with Gasteiger partial charge in [-0.25, -0.2) is 0 Å². The first kappa shape index (κ1) is 43.4. The molecule has 0 bridgehead atoms. The minimum atomic E-state index is -0.380. The summed E-state index contributed by atoms with van der Waals surface area (Å²) in [5.41, 5.74) is 0. The molecule has 0 spiro atoms. The second kappa shape index (κ2) is 29.3. The van der Waals surface area contributed by atoms with Gasteiger partial charge in [-0.15, -0.1) is 0 Å². The number of aliphatic hydroxyl groups is 1. The number of aliphatic hydroxyl groups excluding tert-OH is 1. The summed E-state index contributed by atoms with van der Waals surface area (Å²) < 4.78 is 11.5. The predicted octanol–water partition coefficient (Wildman–Crippen LogP) is 8.51. The molecule has 1 rings (SSSR count). The van der Waals surface area contributed by atoms with Gasteiger partial charge < -0.3 is 24.0 Å². The molecule has 2 atom stereocenters. The fraction of sp³-hybridized carbons (Fsp3) is 0.923. The molecule has 1 unspecified atom stereocenters. The molecular weight excluding hydrogens is 592 g/mol. The number of nitrogens with zero attached hydrogens (tertiary/aromatic N) is 2. The Morgan fingerprint density at radius 2 is 0.979 bits per heavy atom. The molecule has 1 saturated heterocycles. The van der Waals surface area contributed by atoms with Gasteiger partial charge in [0.25, 0.3) is 5.91 Å². The van der Waals surface area contributed by atoms with Crippen LogP contribution in [0.4, 0.5) is 0 Å². The number of likely N-dealkylation sites (N-methyl/N-ethyl adjacent to an activating group) is 1. The molecule has 0 saturated carbocycles. The number of amides is 1. The van der Waals surface area contributed by atoms with E-state index in [2.05, 4.69) is 13.8 Å². The zero-order valence-electron chi connectivity index (χ0n) is 31.1. The standard InChI is InChI=1S/C39H75N2O6/c1-4-6-8-10-12-14-16-18-20-22-24-26-38(44)46-32-29-40(37(43)35-41(3)31-28-36(42)34-41)30-33-47-39(45)27-25-23-21-19-17-15-13-11-9-7-5-2/h36,42H,4-35H2,1-3H3/q+1/t36-,41?/m1/s1. The summed E-state index contributed by atoms with van der Waals surface area (Å²) in [6.07, 6.45) is 28.3. The zero-order valence-corrected chi connectivity index (χ0v) is 31.1. The number of esters is 2. The molecule has 0 radical (unpaired) electrons. The normalized spacial score (nSPS) is 17.6. The molecule has 1 fully saturated rings. The van der Waals surface area contributed by atoms with Gasteiger partial charge in [0.15, 0.2) is 6.54 Å². The Kier molecular flexibility index (Phi) is 27.0. The van der Waals surface area contributed by atoms with Crippen LogP contribution in [0, 0.1) is 0 Å². The van der Waals surface area contributed by atoms with E-state index in [-0.39, 0.29) is 56.8 Å². The van der Waals surface area contributed by atoms with Crippen molar-refractivity contribution in [3.8, 4) is 0 Å². The van der Waals surface area contributed by atoms with Crippen molar-refractivity contribution in [2.24, 2.45) is 0 Å². The van der Waals surface area contributed by atoms with Crippen LogP contribution in [0.5, 0.6) is 0 Å². The summed E-state index contributed by atoms with van der Waals surface area (Å²) in [5, 5.41) is 10.0. The molecule has 1 amide bonds. The van der Waals surface area contributed by atoms with Crippen LogP contribution in [-0.2, 0) is 23.9 Å². The molecule has 1 aliphatic rings. The molecule has 1 N–H and O–H groups in total. The van der Waals surface area contributed by atoms with Crippen molar-refractivity contribution in [2.75, 3.05) is 53.0 Å². The summed E-state index contributed by atoms with van der Waals surface area (Å²) >= 11 is 0. The van der Waals surface area contributed by atoms with Crippen molar-refractivity contribution in [1.82, 2.24) is 4.90 Å². The Hall–Kier alpha value is -1.67. The lowest BCUT2D eigenvalue weighted by Crippen LogP contribution is -2.51. The van der Waals surface area contributed by atoms with Crippen LogP contribution < -0.4 is 0 Å². The fourth-order valence-electron chi connectivity index (χ4n) is 6.63. The number of carbonyl (C=O) groups excluding carboxylic acids is 3. The van der Waals surface area contributed by atoms with Crippen LogP contribution in [0.1, 0.15) is 174 Å². The lowest BCUT2D eigenvalue weighted by molar-refractivity contribution is -0.891. The molecule has 276 valence electrons. The van der Waals surface area contributed by atoms with Gasteiger partial charge in [-0.2, -0.15) is 0 Å². The number of hydrogen-bond acceptors (Lipinski definition) is 6. The summed E-state index contributed by atoms with van der Waals surface area (Å²) in [5.74, 6) is -0.494. The minimum Gasteiger partial charge on any atom is -0.464 e. The predicted molar refractivity (Wildman–Crippen MR) is 192 cm³/mol. The number of ether oxygens (including phenoxy) is 2. The number of carbonyl (C=O) groups is 3. The van der Waals surface area contributed by atoms with E-state index in [1.807, 2.05) is 7.05 Å². The second-order valence-corrected chi connectivity index (χ2v) is 14.5. The molecule has 47 heavy (non-hydrogen) atoms. The largest absolute Gasteiger partial charge is 0.464 e. The highest BCUT2D eigenvalue weighted by Gasteiger charge is 2.36. The van der Waals surface area contributed by atoms with E-state index < -0.39 is 0 Å². The maximum absolute atomic E-state index is 13.3. The van der Waals surface area contributed by atoms with E-state index in [1.165, 1.54) is 103 Å². The molecule has 0 aromatic heterocycles.